The number of carbonyl (C=O) groups is 1. The molecule has 0 unspecified atom stereocenters. The van der Waals surface area contributed by atoms with Crippen LogP contribution in [-0.4, -0.2) is 50.3 Å². The maximum absolute atomic E-state index is 13.3. The van der Waals surface area contributed by atoms with Crippen molar-refractivity contribution in [2.24, 2.45) is 0 Å². The van der Waals surface area contributed by atoms with Crippen LogP contribution in [0.3, 0.4) is 0 Å². The van der Waals surface area contributed by atoms with E-state index in [2.05, 4.69) is 50.8 Å². The molecule has 1 saturated heterocycles. The average molecular weight is 437 g/mol. The van der Waals surface area contributed by atoms with Crippen molar-refractivity contribution in [2.45, 2.75) is 51.0 Å². The highest BCUT2D eigenvalue weighted by Crippen LogP contribution is 2.45. The minimum absolute atomic E-state index is 0.00354. The van der Waals surface area contributed by atoms with Gasteiger partial charge in [0.25, 0.3) is 0 Å². The lowest BCUT2D eigenvalue weighted by Gasteiger charge is -2.31. The standard InChI is InChI=1S/C25H32N2O3Si/c1-17-23(18-11-8-7-9-12-18)27(25(28)26(17)2)22-16-21(31(4,5)6)24(30-22)19-13-10-14-20(15-19)29-3/h7-17,22-24H,1-6H3/t17-,22+,23-,24-/m0/s1. The monoisotopic (exact) mass is 436 g/mol. The normalized spacial score (nSPS) is 26.4. The third kappa shape index (κ3) is 3.90. The lowest BCUT2D eigenvalue weighted by Crippen LogP contribution is -2.39. The van der Waals surface area contributed by atoms with E-state index in [0.717, 1.165) is 16.9 Å². The Balaban J connectivity index is 1.74. The van der Waals surface area contributed by atoms with E-state index in [1.807, 2.05) is 53.2 Å². The molecule has 0 spiro atoms. The Hall–Kier alpha value is -2.57. The van der Waals surface area contributed by atoms with Crippen molar-refractivity contribution < 1.29 is 14.3 Å². The quantitative estimate of drug-likeness (QED) is 0.590. The number of urea groups is 1. The molecule has 4 atom stereocenters. The molecular formula is C25H32N2O3Si. The first-order valence-corrected chi connectivity index (χ1v) is 14.3. The van der Waals surface area contributed by atoms with Gasteiger partial charge in [-0.15, -0.1) is 0 Å². The molecule has 0 radical (unpaired) electrons. The van der Waals surface area contributed by atoms with Crippen LogP contribution in [0.25, 0.3) is 0 Å². The van der Waals surface area contributed by atoms with Crippen molar-refractivity contribution in [3.63, 3.8) is 0 Å². The van der Waals surface area contributed by atoms with Crippen molar-refractivity contribution in [1.29, 1.82) is 0 Å². The van der Waals surface area contributed by atoms with Gasteiger partial charge in [-0.2, -0.15) is 0 Å². The fourth-order valence-electron chi connectivity index (χ4n) is 4.62. The zero-order chi connectivity index (χ0) is 22.3. The average Bonchev–Trinajstić information content (AvgIpc) is 3.30. The van der Waals surface area contributed by atoms with E-state index >= 15 is 0 Å². The Kier molecular flexibility index (Phi) is 5.70. The Morgan fingerprint density at radius 2 is 1.68 bits per heavy atom. The second-order valence-corrected chi connectivity index (χ2v) is 14.5. The minimum atomic E-state index is -1.70. The van der Waals surface area contributed by atoms with Gasteiger partial charge in [-0.3, -0.25) is 4.90 Å². The highest BCUT2D eigenvalue weighted by molar-refractivity contribution is 6.83. The first-order chi connectivity index (χ1) is 14.7. The molecule has 6 heteroatoms. The maximum Gasteiger partial charge on any atom is 0.322 e. The predicted octanol–water partition coefficient (Wildman–Crippen LogP) is 5.39. The topological polar surface area (TPSA) is 42.0 Å². The Morgan fingerprint density at radius 3 is 2.32 bits per heavy atom. The van der Waals surface area contributed by atoms with E-state index in [1.54, 1.807) is 7.11 Å². The highest BCUT2D eigenvalue weighted by Gasteiger charge is 2.49. The number of rotatable bonds is 5. The number of hydrogen-bond donors (Lipinski definition) is 0. The van der Waals surface area contributed by atoms with Gasteiger partial charge in [0.1, 0.15) is 11.9 Å². The number of amides is 2. The lowest BCUT2D eigenvalue weighted by molar-refractivity contribution is -0.0302. The fourth-order valence-corrected chi connectivity index (χ4v) is 6.28. The number of hydrogen-bond acceptors (Lipinski definition) is 3. The maximum atomic E-state index is 13.3. The summed E-state index contributed by atoms with van der Waals surface area (Å²) >= 11 is 0. The number of carbonyl (C=O) groups excluding carboxylic acids is 1. The van der Waals surface area contributed by atoms with Gasteiger partial charge < -0.3 is 14.4 Å². The molecule has 0 saturated carbocycles. The second kappa shape index (κ2) is 8.17. The van der Waals surface area contributed by atoms with Crippen LogP contribution in [0.15, 0.2) is 65.9 Å². The third-order valence-electron chi connectivity index (χ3n) is 6.45. The molecule has 1 fully saturated rings. The summed E-state index contributed by atoms with van der Waals surface area (Å²) in [5.41, 5.74) is 2.20. The van der Waals surface area contributed by atoms with Crippen molar-refractivity contribution in [2.75, 3.05) is 14.2 Å². The summed E-state index contributed by atoms with van der Waals surface area (Å²) in [6, 6.07) is 18.3. The molecular weight excluding hydrogens is 404 g/mol. The van der Waals surface area contributed by atoms with Crippen molar-refractivity contribution in [3.05, 3.63) is 77.0 Å². The van der Waals surface area contributed by atoms with Crippen LogP contribution in [0, 0.1) is 0 Å². The number of likely N-dealkylation sites (N-methyl/N-ethyl adjacent to an activating group) is 1. The second-order valence-electron chi connectivity index (χ2n) is 9.45. The van der Waals surface area contributed by atoms with Gasteiger partial charge >= 0.3 is 6.03 Å². The van der Waals surface area contributed by atoms with E-state index in [-0.39, 0.29) is 24.2 Å². The van der Waals surface area contributed by atoms with Crippen LogP contribution < -0.4 is 4.74 Å². The van der Waals surface area contributed by atoms with E-state index in [9.17, 15) is 4.79 Å². The minimum Gasteiger partial charge on any atom is -0.497 e. The zero-order valence-corrected chi connectivity index (χ0v) is 20.2. The smallest absolute Gasteiger partial charge is 0.322 e. The van der Waals surface area contributed by atoms with Gasteiger partial charge in [0.15, 0.2) is 6.23 Å². The molecule has 5 nitrogen and oxygen atoms in total. The number of nitrogens with zero attached hydrogens (tertiary/aromatic N) is 2. The molecule has 0 aliphatic carbocycles. The van der Waals surface area contributed by atoms with Crippen LogP contribution in [-0.2, 0) is 4.74 Å². The third-order valence-corrected chi connectivity index (χ3v) is 8.61. The highest BCUT2D eigenvalue weighted by atomic mass is 28.3. The Labute approximate surface area is 186 Å². The summed E-state index contributed by atoms with van der Waals surface area (Å²) in [5, 5.41) is 1.31. The number of methoxy groups -OCH3 is 1. The van der Waals surface area contributed by atoms with Crippen LogP contribution in [0.1, 0.15) is 30.2 Å². The molecule has 2 aliphatic heterocycles. The molecule has 2 amide bonds. The Morgan fingerprint density at radius 1 is 1.00 bits per heavy atom. The summed E-state index contributed by atoms with van der Waals surface area (Å²) in [4.78, 5) is 17.1. The summed E-state index contributed by atoms with van der Waals surface area (Å²) in [6.45, 7) is 9.08. The van der Waals surface area contributed by atoms with Crippen molar-refractivity contribution >= 4 is 14.1 Å². The van der Waals surface area contributed by atoms with Crippen molar-refractivity contribution in [3.8, 4) is 5.75 Å². The van der Waals surface area contributed by atoms with Crippen LogP contribution in [0.4, 0.5) is 4.79 Å². The predicted molar refractivity (Wildman–Crippen MR) is 126 cm³/mol. The molecule has 2 aliphatic rings. The van der Waals surface area contributed by atoms with Crippen LogP contribution in [0.5, 0.6) is 5.75 Å². The summed E-state index contributed by atoms with van der Waals surface area (Å²) in [6.07, 6.45) is 1.64. The van der Waals surface area contributed by atoms with Gasteiger partial charge in [-0.25, -0.2) is 4.79 Å². The summed E-state index contributed by atoms with van der Waals surface area (Å²) < 4.78 is 12.1. The SMILES string of the molecule is COc1cccc([C@@H]2O[C@@H](N3C(=O)N(C)[C@@H](C)[C@H]3c3ccccc3)C=C2[Si](C)(C)C)c1. The largest absolute Gasteiger partial charge is 0.497 e. The van der Waals surface area contributed by atoms with Gasteiger partial charge in [-0.1, -0.05) is 62.1 Å². The molecule has 2 heterocycles. The first-order valence-electron chi connectivity index (χ1n) is 10.8. The fraction of sp³-hybridized carbons (Fsp3) is 0.400. The van der Waals surface area contributed by atoms with Gasteiger partial charge in [0, 0.05) is 7.05 Å². The Bertz CT molecular complexity index is 986. The molecule has 0 N–H and O–H groups in total. The molecule has 0 bridgehead atoms. The summed E-state index contributed by atoms with van der Waals surface area (Å²) in [7, 11) is 1.85. The van der Waals surface area contributed by atoms with Crippen LogP contribution in [0.2, 0.25) is 19.6 Å². The van der Waals surface area contributed by atoms with E-state index in [4.69, 9.17) is 9.47 Å². The zero-order valence-electron chi connectivity index (χ0n) is 19.2. The summed E-state index contributed by atoms with van der Waals surface area (Å²) in [5.74, 6) is 0.812. The molecule has 31 heavy (non-hydrogen) atoms. The van der Waals surface area contributed by atoms with Gasteiger partial charge in [0.2, 0.25) is 0 Å². The molecule has 0 aromatic heterocycles. The van der Waals surface area contributed by atoms with E-state index in [1.165, 1.54) is 5.20 Å². The van der Waals surface area contributed by atoms with E-state index < -0.39 is 14.3 Å². The molecule has 2 aromatic rings. The molecule has 2 aromatic carbocycles. The molecule has 4 rings (SSSR count). The van der Waals surface area contributed by atoms with Gasteiger partial charge in [-0.05, 0) is 41.5 Å². The number of benzene rings is 2. The lowest BCUT2D eigenvalue weighted by atomic mass is 10.0. The number of ether oxygens (including phenoxy) is 2. The van der Waals surface area contributed by atoms with Crippen molar-refractivity contribution in [1.82, 2.24) is 9.80 Å². The van der Waals surface area contributed by atoms with Gasteiger partial charge in [0.05, 0.1) is 27.3 Å². The van der Waals surface area contributed by atoms with Crippen LogP contribution >= 0.6 is 0 Å². The van der Waals surface area contributed by atoms with E-state index in [0.29, 0.717) is 0 Å². The molecule has 164 valence electrons. The first kappa shape index (κ1) is 21.7.